The monoisotopic (exact) mass is 1010 g/mol. The van der Waals surface area contributed by atoms with Gasteiger partial charge in [0.25, 0.3) is 0 Å². The predicted molar refractivity (Wildman–Crippen MR) is 287 cm³/mol. The standard InChI is InChI=1S/2C23H36N.C15H10.2ClH.Ru/c2*1-17(2)19-11-10-12-20(18(3)4)21(19)24-16-23(15-22(24,5)6)13-8-7-9-14-23;1-2-6-12(7-3-1)15-11-10-13-8-4-5-9-14(13)15;;;/h2*10-12,16-18H,7-9,13-15H2,1-6H3;1-9,11H;2*1H;/q2*-1;;;;+2/p-2. The van der Waals surface area contributed by atoms with Gasteiger partial charge in [-0.05, 0) is 73.6 Å². The zero-order chi connectivity index (χ0) is 47.6. The average Bonchev–Trinajstić information content (AvgIpc) is 3.89. The number of halogens is 2. The van der Waals surface area contributed by atoms with Gasteiger partial charge >= 0.3 is 120 Å². The van der Waals surface area contributed by atoms with Gasteiger partial charge in [0.15, 0.2) is 0 Å². The summed E-state index contributed by atoms with van der Waals surface area (Å²) in [6.45, 7) is 33.8. The molecule has 9 rings (SSSR count). The zero-order valence-corrected chi connectivity index (χ0v) is 45.9. The van der Waals surface area contributed by atoms with E-state index in [1.165, 1.54) is 133 Å². The van der Waals surface area contributed by atoms with Crippen LogP contribution in [0.15, 0.2) is 97.1 Å². The van der Waals surface area contributed by atoms with Crippen molar-refractivity contribution >= 4 is 40.4 Å². The Kier molecular flexibility index (Phi) is 16.4. The summed E-state index contributed by atoms with van der Waals surface area (Å²) >= 11 is -1.88. The molecule has 5 aliphatic rings. The van der Waals surface area contributed by atoms with E-state index in [0.717, 1.165) is 4.11 Å². The van der Waals surface area contributed by atoms with E-state index in [2.05, 4.69) is 179 Å². The van der Waals surface area contributed by atoms with E-state index in [1.807, 2.05) is 24.3 Å². The Morgan fingerprint density at radius 2 is 0.833 bits per heavy atom. The van der Waals surface area contributed by atoms with Crippen LogP contribution in [0.1, 0.15) is 223 Å². The molecule has 0 unspecified atom stereocenters. The van der Waals surface area contributed by atoms with Crippen LogP contribution in [0.5, 0.6) is 0 Å². The van der Waals surface area contributed by atoms with Crippen molar-refractivity contribution in [2.75, 3.05) is 9.80 Å². The average molecular weight is 1020 g/mol. The van der Waals surface area contributed by atoms with E-state index in [1.54, 1.807) is 0 Å². The fraction of sp³-hybridized carbons (Fsp3) is 0.525. The molecular weight excluding hydrogens is 933 g/mol. The maximum absolute atomic E-state index is 6.19. The van der Waals surface area contributed by atoms with Gasteiger partial charge in [-0.3, -0.25) is 0 Å². The summed E-state index contributed by atoms with van der Waals surface area (Å²) in [6.07, 6.45) is 18.8. The molecule has 2 saturated carbocycles. The van der Waals surface area contributed by atoms with Crippen LogP contribution in [-0.2, 0) is 13.5 Å². The fourth-order valence-electron chi connectivity index (χ4n) is 12.5. The molecule has 0 atom stereocenters. The molecule has 0 bridgehead atoms. The second-order valence-corrected chi connectivity index (χ2v) is 28.8. The molecular formula is C61H82Cl2N2Ru-2. The molecule has 0 radical (unpaired) electrons. The summed E-state index contributed by atoms with van der Waals surface area (Å²) in [6, 6.07) is 32.6. The van der Waals surface area contributed by atoms with Gasteiger partial charge in [-0.15, -0.1) is 10.8 Å². The minimum absolute atomic E-state index is 0.214. The molecule has 0 amide bonds. The van der Waals surface area contributed by atoms with Crippen LogP contribution in [0.25, 0.3) is 5.57 Å². The Balaban J connectivity index is 0.000000149. The summed E-state index contributed by atoms with van der Waals surface area (Å²) in [5.41, 5.74) is 15.3. The molecule has 3 aliphatic carbocycles. The number of benzene rings is 4. The first-order valence-corrected chi connectivity index (χ1v) is 30.9. The minimum atomic E-state index is -1.88. The van der Waals surface area contributed by atoms with Crippen LogP contribution in [0, 0.1) is 23.9 Å². The van der Waals surface area contributed by atoms with E-state index < -0.39 is 13.5 Å². The second kappa shape index (κ2) is 21.1. The van der Waals surface area contributed by atoms with Crippen molar-refractivity contribution in [2.45, 2.75) is 195 Å². The van der Waals surface area contributed by atoms with Crippen molar-refractivity contribution in [3.8, 4) is 0 Å². The molecule has 360 valence electrons. The van der Waals surface area contributed by atoms with Crippen LogP contribution in [0.2, 0.25) is 0 Å². The summed E-state index contributed by atoms with van der Waals surface area (Å²) in [5, 5.41) is 0. The normalized spacial score (nSPS) is 20.4. The van der Waals surface area contributed by atoms with E-state index in [0.29, 0.717) is 34.5 Å². The van der Waals surface area contributed by atoms with Crippen molar-refractivity contribution in [2.24, 2.45) is 10.8 Å². The van der Waals surface area contributed by atoms with Crippen LogP contribution in [0.4, 0.5) is 11.4 Å². The van der Waals surface area contributed by atoms with Gasteiger partial charge in [-0.2, -0.15) is 0 Å². The molecule has 2 spiro atoms. The molecule has 5 heteroatoms. The summed E-state index contributed by atoms with van der Waals surface area (Å²) in [7, 11) is 12.4. The molecule has 4 aromatic rings. The third-order valence-corrected chi connectivity index (χ3v) is 18.6. The Hall–Kier alpha value is -2.71. The predicted octanol–water partition coefficient (Wildman–Crippen LogP) is 18.6. The molecule has 0 aromatic heterocycles. The molecule has 2 aliphatic heterocycles. The Morgan fingerprint density at radius 1 is 0.470 bits per heavy atom. The molecule has 66 heavy (non-hydrogen) atoms. The van der Waals surface area contributed by atoms with Gasteiger partial charge in [0.1, 0.15) is 0 Å². The van der Waals surface area contributed by atoms with Crippen LogP contribution in [-0.4, -0.2) is 15.2 Å². The van der Waals surface area contributed by atoms with Crippen molar-refractivity contribution < 1.29 is 13.5 Å². The molecule has 4 fully saturated rings. The first kappa shape index (κ1) is 51.2. The Bertz CT molecular complexity index is 2180. The first-order valence-electron chi connectivity index (χ1n) is 25.6. The van der Waals surface area contributed by atoms with E-state index >= 15 is 0 Å². The summed E-state index contributed by atoms with van der Waals surface area (Å²) in [4.78, 5) is 5.37. The van der Waals surface area contributed by atoms with Gasteiger partial charge in [0, 0.05) is 22.5 Å². The number of fused-ring (bicyclic) bond motifs is 1. The zero-order valence-electron chi connectivity index (χ0n) is 42.7. The number of nitrogens with zero attached hydrogens (tertiary/aromatic N) is 2. The summed E-state index contributed by atoms with van der Waals surface area (Å²) < 4.78 is 1.12. The van der Waals surface area contributed by atoms with E-state index in [9.17, 15) is 0 Å². The quantitative estimate of drug-likeness (QED) is 0.134. The maximum atomic E-state index is 6.19. The van der Waals surface area contributed by atoms with Crippen molar-refractivity contribution in [1.82, 2.24) is 0 Å². The third kappa shape index (κ3) is 11.0. The van der Waals surface area contributed by atoms with Crippen molar-refractivity contribution in [3.63, 3.8) is 0 Å². The topological polar surface area (TPSA) is 6.48 Å². The number of anilines is 2. The first-order chi connectivity index (χ1) is 31.3. The molecule has 2 saturated heterocycles. The van der Waals surface area contributed by atoms with Crippen molar-refractivity contribution in [3.05, 3.63) is 149 Å². The number of hydrogen-bond donors (Lipinski definition) is 0. The third-order valence-electron chi connectivity index (χ3n) is 15.5. The SMILES string of the molecule is CC(C)c1cccc(C(C)C)c1N1[CH-]C2(CCCCC2)CC1(C)C.CC(C)c1cccc(C(C)C)c1N1[CH-]C2(CCCCC2)CC1(C)C.[Cl][Ru]([Cl])=[C]1C=C(c2ccccc2)c2ccccc21. The number of para-hydroxylation sites is 2. The van der Waals surface area contributed by atoms with Gasteiger partial charge in [-0.25, -0.2) is 13.1 Å². The Labute approximate surface area is 415 Å². The second-order valence-electron chi connectivity index (χ2n) is 23.0. The van der Waals surface area contributed by atoms with E-state index in [-0.39, 0.29) is 11.1 Å². The number of rotatable bonds is 7. The number of allylic oxidation sites excluding steroid dienone is 1. The van der Waals surface area contributed by atoms with Gasteiger partial charge in [-0.1, -0.05) is 169 Å². The van der Waals surface area contributed by atoms with Gasteiger partial charge in [0.2, 0.25) is 0 Å². The molecule has 2 nitrogen and oxygen atoms in total. The van der Waals surface area contributed by atoms with Gasteiger partial charge < -0.3 is 9.80 Å². The summed E-state index contributed by atoms with van der Waals surface area (Å²) in [5.74, 6) is 2.24. The van der Waals surface area contributed by atoms with Gasteiger partial charge in [0.05, 0.1) is 0 Å². The van der Waals surface area contributed by atoms with Crippen LogP contribution in [0.3, 0.4) is 0 Å². The molecule has 2 heterocycles. The van der Waals surface area contributed by atoms with Crippen LogP contribution < -0.4 is 9.80 Å². The molecule has 0 N–H and O–H groups in total. The Morgan fingerprint density at radius 3 is 1.20 bits per heavy atom. The fourth-order valence-corrected chi connectivity index (χ4v) is 15.0. The van der Waals surface area contributed by atoms with E-state index in [4.69, 9.17) is 19.4 Å². The molecule has 4 aromatic carbocycles. The van der Waals surface area contributed by atoms with Crippen LogP contribution >= 0.6 is 19.4 Å². The van der Waals surface area contributed by atoms with Crippen molar-refractivity contribution in [1.29, 1.82) is 0 Å². The number of hydrogen-bond acceptors (Lipinski definition) is 2.